The van der Waals surface area contributed by atoms with Gasteiger partial charge in [-0.25, -0.2) is 0 Å². The molecule has 1 saturated carbocycles. The van der Waals surface area contributed by atoms with Gasteiger partial charge in [0.05, 0.1) is 30.1 Å². The average molecular weight is 354 g/mol. The Labute approximate surface area is 154 Å². The Balaban J connectivity index is 1.66. The molecule has 0 spiro atoms. The zero-order valence-corrected chi connectivity index (χ0v) is 15.5. The first-order valence-electron chi connectivity index (χ1n) is 9.52. The molecule has 2 aromatic rings. The molecule has 1 amide bonds. The Morgan fingerprint density at radius 1 is 1.31 bits per heavy atom. The van der Waals surface area contributed by atoms with Crippen LogP contribution in [-0.4, -0.2) is 45.3 Å². The lowest BCUT2D eigenvalue weighted by Crippen LogP contribution is -2.43. The minimum atomic E-state index is -0.0898. The number of carbonyl (C=O) groups is 1. The Hall–Kier alpha value is -2.21. The number of aryl methyl sites for hydroxylation is 1. The number of aromatic nitrogens is 3. The van der Waals surface area contributed by atoms with Crippen molar-refractivity contribution in [2.75, 3.05) is 19.8 Å². The molecule has 1 aliphatic carbocycles. The first-order valence-corrected chi connectivity index (χ1v) is 9.52. The number of nitrogens with zero attached hydrogens (tertiary/aromatic N) is 4. The molecule has 3 heterocycles. The highest BCUT2D eigenvalue weighted by Gasteiger charge is 2.36. The maximum Gasteiger partial charge on any atom is 0.256 e. The van der Waals surface area contributed by atoms with Gasteiger partial charge in [0, 0.05) is 32.1 Å². The average Bonchev–Trinajstić information content (AvgIpc) is 3.37. The van der Waals surface area contributed by atoms with Crippen LogP contribution in [-0.2, 0) is 17.7 Å². The summed E-state index contributed by atoms with van der Waals surface area (Å²) < 4.78 is 7.88. The van der Waals surface area contributed by atoms with Gasteiger partial charge in [-0.15, -0.1) is 0 Å². The molecule has 1 fully saturated rings. The van der Waals surface area contributed by atoms with Crippen LogP contribution in [0.4, 0.5) is 0 Å². The zero-order valence-electron chi connectivity index (χ0n) is 15.5. The fraction of sp³-hybridized carbons (Fsp3) is 0.550. The lowest BCUT2D eigenvalue weighted by Gasteiger charge is -2.36. The van der Waals surface area contributed by atoms with Crippen LogP contribution in [0.25, 0.3) is 0 Å². The van der Waals surface area contributed by atoms with Crippen LogP contribution in [0.5, 0.6) is 0 Å². The molecule has 26 heavy (non-hydrogen) atoms. The lowest BCUT2D eigenvalue weighted by atomic mass is 9.99. The van der Waals surface area contributed by atoms with Gasteiger partial charge in [0.25, 0.3) is 5.91 Å². The van der Waals surface area contributed by atoms with Gasteiger partial charge >= 0.3 is 0 Å². The smallest absolute Gasteiger partial charge is 0.256 e. The second-order valence-corrected chi connectivity index (χ2v) is 7.36. The Morgan fingerprint density at radius 2 is 2.15 bits per heavy atom. The van der Waals surface area contributed by atoms with Crippen molar-refractivity contribution in [3.05, 3.63) is 47.0 Å². The molecule has 1 unspecified atom stereocenters. The fourth-order valence-corrected chi connectivity index (χ4v) is 3.73. The van der Waals surface area contributed by atoms with Gasteiger partial charge in [-0.1, -0.05) is 0 Å². The monoisotopic (exact) mass is 354 g/mol. The van der Waals surface area contributed by atoms with Crippen molar-refractivity contribution >= 4 is 5.91 Å². The third-order valence-corrected chi connectivity index (χ3v) is 5.26. The van der Waals surface area contributed by atoms with Crippen molar-refractivity contribution in [2.24, 2.45) is 5.92 Å². The highest BCUT2D eigenvalue weighted by atomic mass is 16.5. The number of amides is 1. The minimum Gasteiger partial charge on any atom is -0.379 e. The summed E-state index contributed by atoms with van der Waals surface area (Å²) in [6.45, 7) is 6.72. The highest BCUT2D eigenvalue weighted by molar-refractivity contribution is 5.94. The van der Waals surface area contributed by atoms with E-state index in [4.69, 9.17) is 4.74 Å². The van der Waals surface area contributed by atoms with Crippen LogP contribution >= 0.6 is 0 Å². The van der Waals surface area contributed by atoms with Crippen molar-refractivity contribution in [1.29, 1.82) is 0 Å². The van der Waals surface area contributed by atoms with Crippen LogP contribution in [0.3, 0.4) is 0 Å². The zero-order chi connectivity index (χ0) is 18.1. The lowest BCUT2D eigenvalue weighted by molar-refractivity contribution is 0.0397. The summed E-state index contributed by atoms with van der Waals surface area (Å²) in [6.07, 6.45) is 8.81. The molecule has 1 aliphatic heterocycles. The molecule has 6 heteroatoms. The van der Waals surface area contributed by atoms with Gasteiger partial charge in [0.2, 0.25) is 0 Å². The topological polar surface area (TPSA) is 60.2 Å². The molecule has 138 valence electrons. The van der Waals surface area contributed by atoms with Crippen molar-refractivity contribution in [3.63, 3.8) is 0 Å². The number of hydrogen-bond acceptors (Lipinski definition) is 4. The Bertz CT molecular complexity index is 797. The van der Waals surface area contributed by atoms with Gasteiger partial charge in [0.15, 0.2) is 0 Å². The van der Waals surface area contributed by atoms with Crippen molar-refractivity contribution < 1.29 is 9.53 Å². The van der Waals surface area contributed by atoms with Gasteiger partial charge in [-0.2, -0.15) is 5.10 Å². The summed E-state index contributed by atoms with van der Waals surface area (Å²) in [5, 5.41) is 4.63. The summed E-state index contributed by atoms with van der Waals surface area (Å²) in [5.41, 5.74) is 4.05. The number of rotatable bonds is 6. The standard InChI is InChI=1S/C20H26N4O2/c1-3-26-13-18-19-16(11-22-24(19)12-15-4-5-15)6-7-23(18)20(25)17-8-14(2)9-21-10-17/h8-11,15,18H,3-7,12-13H2,1-2H3. The SMILES string of the molecule is CCOCC1c2c(cnn2CC2CC2)CCN1C(=O)c1cncc(C)c1. The van der Waals surface area contributed by atoms with E-state index in [1.54, 1.807) is 12.4 Å². The van der Waals surface area contributed by atoms with Crippen LogP contribution < -0.4 is 0 Å². The van der Waals surface area contributed by atoms with E-state index in [0.29, 0.717) is 25.3 Å². The second kappa shape index (κ2) is 7.19. The molecule has 0 aromatic carbocycles. The molecular formula is C20H26N4O2. The predicted octanol–water partition coefficient (Wildman–Crippen LogP) is 2.77. The number of hydrogen-bond donors (Lipinski definition) is 0. The summed E-state index contributed by atoms with van der Waals surface area (Å²) in [4.78, 5) is 19.3. The summed E-state index contributed by atoms with van der Waals surface area (Å²) in [5.74, 6) is 0.759. The van der Waals surface area contributed by atoms with E-state index in [-0.39, 0.29) is 11.9 Å². The molecule has 0 radical (unpaired) electrons. The van der Waals surface area contributed by atoms with Gasteiger partial charge in [-0.3, -0.25) is 14.5 Å². The maximum atomic E-state index is 13.2. The molecule has 6 nitrogen and oxygen atoms in total. The van der Waals surface area contributed by atoms with Gasteiger partial charge in [0.1, 0.15) is 0 Å². The number of fused-ring (bicyclic) bond motifs is 1. The first-order chi connectivity index (χ1) is 12.7. The Kier molecular flexibility index (Phi) is 4.76. The molecule has 0 N–H and O–H groups in total. The minimum absolute atomic E-state index is 0.0238. The summed E-state index contributed by atoms with van der Waals surface area (Å²) in [7, 11) is 0. The van der Waals surface area contributed by atoms with E-state index >= 15 is 0 Å². The van der Waals surface area contributed by atoms with E-state index < -0.39 is 0 Å². The molecule has 2 aromatic heterocycles. The quantitative estimate of drug-likeness (QED) is 0.800. The largest absolute Gasteiger partial charge is 0.379 e. The fourth-order valence-electron chi connectivity index (χ4n) is 3.73. The van der Waals surface area contributed by atoms with Crippen molar-refractivity contribution in [2.45, 2.75) is 45.7 Å². The first kappa shape index (κ1) is 17.2. The predicted molar refractivity (Wildman–Crippen MR) is 97.9 cm³/mol. The maximum absolute atomic E-state index is 13.2. The molecule has 1 atom stereocenters. The molecule has 0 saturated heterocycles. The molecule has 0 bridgehead atoms. The van der Waals surface area contributed by atoms with Gasteiger partial charge in [-0.05, 0) is 56.2 Å². The van der Waals surface area contributed by atoms with E-state index in [2.05, 4.69) is 14.8 Å². The van der Waals surface area contributed by atoms with Crippen LogP contribution in [0.1, 0.15) is 53.0 Å². The second-order valence-electron chi connectivity index (χ2n) is 7.36. The number of pyridine rings is 1. The van der Waals surface area contributed by atoms with Crippen molar-refractivity contribution in [3.8, 4) is 0 Å². The van der Waals surface area contributed by atoms with Crippen LogP contribution in [0.15, 0.2) is 24.7 Å². The normalized spacial score (nSPS) is 19.5. The molecule has 2 aliphatic rings. The summed E-state index contributed by atoms with van der Waals surface area (Å²) in [6, 6.07) is 1.82. The van der Waals surface area contributed by atoms with Crippen molar-refractivity contribution in [1.82, 2.24) is 19.7 Å². The molecular weight excluding hydrogens is 328 g/mol. The van der Waals surface area contributed by atoms with Crippen LogP contribution in [0.2, 0.25) is 0 Å². The molecule has 4 rings (SSSR count). The van der Waals surface area contributed by atoms with E-state index in [1.165, 1.54) is 18.4 Å². The van der Waals surface area contributed by atoms with E-state index in [0.717, 1.165) is 30.1 Å². The number of carbonyl (C=O) groups excluding carboxylic acids is 1. The Morgan fingerprint density at radius 3 is 2.88 bits per heavy atom. The third kappa shape index (κ3) is 3.38. The van der Waals surface area contributed by atoms with Gasteiger partial charge < -0.3 is 9.64 Å². The van der Waals surface area contributed by atoms with E-state index in [1.807, 2.05) is 31.0 Å². The number of ether oxygens (including phenoxy) is 1. The highest BCUT2D eigenvalue weighted by Crippen LogP contribution is 2.35. The van der Waals surface area contributed by atoms with Crippen LogP contribution in [0, 0.1) is 12.8 Å². The van der Waals surface area contributed by atoms with E-state index in [9.17, 15) is 4.79 Å². The third-order valence-electron chi connectivity index (χ3n) is 5.26. The summed E-state index contributed by atoms with van der Waals surface area (Å²) >= 11 is 0.